The maximum atomic E-state index is 12.4. The van der Waals surface area contributed by atoms with Crippen molar-refractivity contribution in [3.63, 3.8) is 0 Å². The van der Waals surface area contributed by atoms with Gasteiger partial charge in [0, 0.05) is 55.4 Å². The van der Waals surface area contributed by atoms with Crippen molar-refractivity contribution in [1.29, 1.82) is 0 Å². The van der Waals surface area contributed by atoms with Crippen molar-refractivity contribution in [2.75, 3.05) is 88.4 Å². The highest BCUT2D eigenvalue weighted by Gasteiger charge is 2.15. The molecule has 0 aliphatic carbocycles. The van der Waals surface area contributed by atoms with Crippen LogP contribution in [0.3, 0.4) is 0 Å². The number of unbranched alkanes of at least 4 members (excludes halogenated alkanes) is 1. The van der Waals surface area contributed by atoms with Crippen LogP contribution in [0, 0.1) is 0 Å². The second-order valence-electron chi connectivity index (χ2n) is 12.3. The van der Waals surface area contributed by atoms with Crippen LogP contribution < -0.4 is 20.3 Å². The number of H-pyrrole nitrogens is 2. The Balaban J connectivity index is 0.902. The molecule has 1 aliphatic heterocycles. The molecule has 0 bridgehead atoms. The standard InChI is InChI=1S/C35H43N9O5S/c1-42(2)17-19-48-35(46)41-33-37-29-12-10-27(23-31(29)39-33)50-20-5-4-18-47-34(45)40-32-36-28-11-9-26(22-30(28)38-32)49-25-8-6-7-24(21-25)44-15-13-43(3)14-16-44/h6-12,21-23H,4-5,13-20H2,1-3H3,(H2,36,38,40,45)(H2,37,39,41,46). The van der Waals surface area contributed by atoms with Gasteiger partial charge in [-0.25, -0.2) is 19.6 Å². The molecule has 5 aromatic rings. The normalized spacial score (nSPS) is 13.6. The predicted molar refractivity (Wildman–Crippen MR) is 197 cm³/mol. The first kappa shape index (κ1) is 34.9. The van der Waals surface area contributed by atoms with Crippen LogP contribution in [-0.4, -0.2) is 115 Å². The van der Waals surface area contributed by atoms with Gasteiger partial charge in [0.1, 0.15) is 18.1 Å². The summed E-state index contributed by atoms with van der Waals surface area (Å²) in [4.78, 5) is 47.2. The number of ether oxygens (including phenoxy) is 3. The molecule has 1 saturated heterocycles. The minimum atomic E-state index is -0.566. The zero-order chi connectivity index (χ0) is 34.9. The minimum absolute atomic E-state index is 0.288. The topological polar surface area (TPSA) is 153 Å². The number of amides is 2. The summed E-state index contributed by atoms with van der Waals surface area (Å²) in [5.41, 5.74) is 4.16. The molecule has 0 spiro atoms. The van der Waals surface area contributed by atoms with Gasteiger partial charge in [0.15, 0.2) is 0 Å². The number of fused-ring (bicyclic) bond motifs is 2. The zero-order valence-electron chi connectivity index (χ0n) is 28.5. The molecule has 2 aromatic heterocycles. The lowest BCUT2D eigenvalue weighted by Crippen LogP contribution is -2.44. The third kappa shape index (κ3) is 9.80. The average Bonchev–Trinajstić information content (AvgIpc) is 3.68. The molecular formula is C35H43N9O5S. The van der Waals surface area contributed by atoms with Crippen molar-refractivity contribution in [3.8, 4) is 11.5 Å². The smallest absolute Gasteiger partial charge is 0.414 e. The number of thioether (sulfide) groups is 1. The fourth-order valence-electron chi connectivity index (χ4n) is 5.34. The van der Waals surface area contributed by atoms with E-state index in [1.54, 1.807) is 11.8 Å². The number of nitrogens with zero attached hydrogens (tertiary/aromatic N) is 5. The van der Waals surface area contributed by atoms with Crippen LogP contribution in [0.25, 0.3) is 22.1 Å². The summed E-state index contributed by atoms with van der Waals surface area (Å²) < 4.78 is 16.7. The van der Waals surface area contributed by atoms with Crippen LogP contribution >= 0.6 is 11.8 Å². The second kappa shape index (κ2) is 16.6. The number of aromatic amines is 2. The van der Waals surface area contributed by atoms with Gasteiger partial charge in [-0.1, -0.05) is 6.07 Å². The molecule has 0 atom stereocenters. The zero-order valence-corrected chi connectivity index (χ0v) is 29.3. The molecule has 6 rings (SSSR count). The lowest BCUT2D eigenvalue weighted by Gasteiger charge is -2.34. The van der Waals surface area contributed by atoms with E-state index in [1.807, 2.05) is 67.5 Å². The lowest BCUT2D eigenvalue weighted by molar-refractivity contribution is 0.151. The molecule has 3 aromatic carbocycles. The van der Waals surface area contributed by atoms with Gasteiger partial charge in [0.2, 0.25) is 11.9 Å². The molecule has 0 unspecified atom stereocenters. The van der Waals surface area contributed by atoms with E-state index in [0.717, 1.165) is 71.2 Å². The number of likely N-dealkylation sites (N-methyl/N-ethyl adjacent to an activating group) is 2. The van der Waals surface area contributed by atoms with Crippen LogP contribution in [0.1, 0.15) is 12.8 Å². The predicted octanol–water partition coefficient (Wildman–Crippen LogP) is 6.21. The van der Waals surface area contributed by atoms with Gasteiger partial charge in [-0.2, -0.15) is 0 Å². The molecule has 0 saturated carbocycles. The third-order valence-corrected chi connectivity index (χ3v) is 9.16. The van der Waals surface area contributed by atoms with Crippen LogP contribution in [0.5, 0.6) is 11.5 Å². The highest BCUT2D eigenvalue weighted by molar-refractivity contribution is 7.99. The van der Waals surface area contributed by atoms with Crippen molar-refractivity contribution in [1.82, 2.24) is 29.7 Å². The molecule has 1 fully saturated rings. The van der Waals surface area contributed by atoms with E-state index in [9.17, 15) is 9.59 Å². The number of benzene rings is 3. The quantitative estimate of drug-likeness (QED) is 0.0772. The van der Waals surface area contributed by atoms with E-state index in [1.165, 1.54) is 0 Å². The number of rotatable bonds is 14. The van der Waals surface area contributed by atoms with Crippen LogP contribution in [0.15, 0.2) is 65.6 Å². The summed E-state index contributed by atoms with van der Waals surface area (Å²) >= 11 is 1.69. The SMILES string of the molecule is CN(C)CCOC(=O)Nc1nc2cc(SCCCCOC(=O)Nc3nc4ccc(Oc5cccc(N6CCN(C)CC6)c5)cc4[nH]3)ccc2[nH]1. The highest BCUT2D eigenvalue weighted by atomic mass is 32.2. The van der Waals surface area contributed by atoms with Crippen LogP contribution in [0.2, 0.25) is 0 Å². The number of hydrogen-bond acceptors (Lipinski definition) is 11. The number of piperazine rings is 1. The monoisotopic (exact) mass is 701 g/mol. The fraction of sp³-hybridized carbons (Fsp3) is 0.371. The Morgan fingerprint density at radius 3 is 2.32 bits per heavy atom. The van der Waals surface area contributed by atoms with Crippen molar-refractivity contribution in [3.05, 3.63) is 60.7 Å². The first-order valence-electron chi connectivity index (χ1n) is 16.6. The van der Waals surface area contributed by atoms with E-state index in [0.29, 0.717) is 42.7 Å². The van der Waals surface area contributed by atoms with E-state index >= 15 is 0 Å². The molecule has 264 valence electrons. The summed E-state index contributed by atoms with van der Waals surface area (Å²) in [5, 5.41) is 5.31. The third-order valence-electron chi connectivity index (χ3n) is 8.08. The lowest BCUT2D eigenvalue weighted by atomic mass is 10.2. The van der Waals surface area contributed by atoms with Gasteiger partial charge in [-0.05, 0) is 82.2 Å². The number of carbonyl (C=O) groups is 2. The van der Waals surface area contributed by atoms with Crippen molar-refractivity contribution in [2.45, 2.75) is 17.7 Å². The Labute approximate surface area is 294 Å². The van der Waals surface area contributed by atoms with Gasteiger partial charge in [0.05, 0.1) is 28.7 Å². The highest BCUT2D eigenvalue weighted by Crippen LogP contribution is 2.29. The Kier molecular flexibility index (Phi) is 11.6. The summed E-state index contributed by atoms with van der Waals surface area (Å²) in [6, 6.07) is 19.6. The maximum absolute atomic E-state index is 12.4. The van der Waals surface area contributed by atoms with Crippen molar-refractivity contribution in [2.24, 2.45) is 0 Å². The summed E-state index contributed by atoms with van der Waals surface area (Å²) in [6.07, 6.45) is 0.455. The largest absolute Gasteiger partial charge is 0.457 e. The number of nitrogens with one attached hydrogen (secondary N) is 4. The first-order valence-corrected chi connectivity index (χ1v) is 17.6. The van der Waals surface area contributed by atoms with Gasteiger partial charge < -0.3 is 38.9 Å². The molecule has 3 heterocycles. The summed E-state index contributed by atoms with van der Waals surface area (Å²) in [6.45, 7) is 5.28. The summed E-state index contributed by atoms with van der Waals surface area (Å²) in [7, 11) is 5.97. The molecule has 14 nitrogen and oxygen atoms in total. The Hall–Kier alpha value is -4.99. The Morgan fingerprint density at radius 1 is 0.820 bits per heavy atom. The molecular weight excluding hydrogens is 659 g/mol. The van der Waals surface area contributed by atoms with Crippen molar-refractivity contribution >= 4 is 63.6 Å². The van der Waals surface area contributed by atoms with Crippen LogP contribution in [0.4, 0.5) is 27.2 Å². The van der Waals surface area contributed by atoms with E-state index < -0.39 is 12.2 Å². The van der Waals surface area contributed by atoms with E-state index in [-0.39, 0.29) is 6.61 Å². The number of imidazole rings is 2. The molecule has 15 heteroatoms. The maximum Gasteiger partial charge on any atom is 0.414 e. The summed E-state index contributed by atoms with van der Waals surface area (Å²) in [5.74, 6) is 2.93. The van der Waals surface area contributed by atoms with Gasteiger partial charge in [0.25, 0.3) is 0 Å². The van der Waals surface area contributed by atoms with Crippen LogP contribution in [-0.2, 0) is 9.47 Å². The minimum Gasteiger partial charge on any atom is -0.457 e. The molecule has 4 N–H and O–H groups in total. The fourth-order valence-corrected chi connectivity index (χ4v) is 6.28. The Morgan fingerprint density at radius 2 is 1.54 bits per heavy atom. The number of anilines is 3. The first-order chi connectivity index (χ1) is 24.3. The molecule has 2 amide bonds. The molecule has 0 radical (unpaired) electrons. The second-order valence-corrected chi connectivity index (χ2v) is 13.5. The number of hydrogen-bond donors (Lipinski definition) is 4. The number of carbonyl (C=O) groups excluding carboxylic acids is 2. The molecule has 50 heavy (non-hydrogen) atoms. The van der Waals surface area contributed by atoms with E-state index in [4.69, 9.17) is 14.2 Å². The van der Waals surface area contributed by atoms with Gasteiger partial charge >= 0.3 is 12.2 Å². The average molecular weight is 702 g/mol. The van der Waals surface area contributed by atoms with Gasteiger partial charge in [-0.3, -0.25) is 10.6 Å². The van der Waals surface area contributed by atoms with E-state index in [2.05, 4.69) is 59.5 Å². The Bertz CT molecular complexity index is 1900. The van der Waals surface area contributed by atoms with Crippen molar-refractivity contribution < 1.29 is 23.8 Å². The number of aromatic nitrogens is 4. The van der Waals surface area contributed by atoms with Gasteiger partial charge in [-0.15, -0.1) is 11.8 Å². The molecule has 1 aliphatic rings.